The summed E-state index contributed by atoms with van der Waals surface area (Å²) in [6.07, 6.45) is 2.74. The number of aromatic nitrogens is 2. The van der Waals surface area contributed by atoms with E-state index < -0.39 is 0 Å². The van der Waals surface area contributed by atoms with Crippen molar-refractivity contribution in [2.45, 2.75) is 26.8 Å². The maximum absolute atomic E-state index is 5.72. The van der Waals surface area contributed by atoms with Crippen LogP contribution in [0.1, 0.15) is 22.5 Å². The number of hydrogen-bond acceptors (Lipinski definition) is 4. The topological polar surface area (TPSA) is 47.0 Å². The largest absolute Gasteiger partial charge is 0.493 e. The molecule has 0 bridgehead atoms. The molecule has 0 atom stereocenters. The molecule has 0 fully saturated rings. The first-order chi connectivity index (χ1) is 9.63. The van der Waals surface area contributed by atoms with Crippen LogP contribution in [0.3, 0.4) is 0 Å². The van der Waals surface area contributed by atoms with E-state index in [1.807, 2.05) is 13.8 Å². The Hall–Kier alpha value is -1.62. The SMILES string of the molecule is Cc1ncc(NCc2cc(Br)cc3c2OCC3)nc1C. The lowest BCUT2D eigenvalue weighted by Gasteiger charge is -2.11. The van der Waals surface area contributed by atoms with Gasteiger partial charge in [-0.25, -0.2) is 4.98 Å². The highest BCUT2D eigenvalue weighted by Gasteiger charge is 2.17. The van der Waals surface area contributed by atoms with Crippen LogP contribution in [0.15, 0.2) is 22.8 Å². The minimum Gasteiger partial charge on any atom is -0.493 e. The van der Waals surface area contributed by atoms with Gasteiger partial charge in [0.1, 0.15) is 11.6 Å². The molecule has 104 valence electrons. The van der Waals surface area contributed by atoms with E-state index in [4.69, 9.17) is 4.74 Å². The molecule has 2 aromatic rings. The second-order valence-electron chi connectivity index (χ2n) is 4.93. The lowest BCUT2D eigenvalue weighted by molar-refractivity contribution is 0.354. The molecule has 1 aliphatic heterocycles. The van der Waals surface area contributed by atoms with Crippen molar-refractivity contribution in [1.82, 2.24) is 9.97 Å². The number of benzene rings is 1. The van der Waals surface area contributed by atoms with Crippen LogP contribution >= 0.6 is 15.9 Å². The van der Waals surface area contributed by atoms with E-state index in [-0.39, 0.29) is 0 Å². The summed E-state index contributed by atoms with van der Waals surface area (Å²) in [7, 11) is 0. The Balaban J connectivity index is 1.80. The maximum Gasteiger partial charge on any atom is 0.145 e. The van der Waals surface area contributed by atoms with E-state index >= 15 is 0 Å². The van der Waals surface area contributed by atoms with Gasteiger partial charge in [-0.2, -0.15) is 0 Å². The highest BCUT2D eigenvalue weighted by Crippen LogP contribution is 2.33. The summed E-state index contributed by atoms with van der Waals surface area (Å²) in [6.45, 7) is 5.37. The molecule has 0 saturated heterocycles. The number of anilines is 1. The number of hydrogen-bond donors (Lipinski definition) is 1. The van der Waals surface area contributed by atoms with Crippen LogP contribution in [0, 0.1) is 13.8 Å². The van der Waals surface area contributed by atoms with Crippen LogP contribution in [0.4, 0.5) is 5.82 Å². The molecule has 2 heterocycles. The molecule has 0 unspecified atom stereocenters. The Morgan fingerprint density at radius 1 is 1.30 bits per heavy atom. The fourth-order valence-electron chi connectivity index (χ4n) is 2.29. The van der Waals surface area contributed by atoms with E-state index in [2.05, 4.69) is 43.3 Å². The normalized spacial score (nSPS) is 12.9. The van der Waals surface area contributed by atoms with E-state index in [0.29, 0.717) is 6.54 Å². The Morgan fingerprint density at radius 2 is 2.15 bits per heavy atom. The van der Waals surface area contributed by atoms with Crippen LogP contribution in [0.5, 0.6) is 5.75 Å². The quantitative estimate of drug-likeness (QED) is 0.935. The zero-order valence-electron chi connectivity index (χ0n) is 11.5. The Bertz CT molecular complexity index is 658. The van der Waals surface area contributed by atoms with Crippen LogP contribution in [-0.4, -0.2) is 16.6 Å². The minimum absolute atomic E-state index is 0.680. The second-order valence-corrected chi connectivity index (χ2v) is 5.85. The van der Waals surface area contributed by atoms with Gasteiger partial charge in [0.15, 0.2) is 0 Å². The summed E-state index contributed by atoms with van der Waals surface area (Å²) in [5, 5.41) is 3.31. The van der Waals surface area contributed by atoms with Crippen LogP contribution in [0.25, 0.3) is 0 Å². The van der Waals surface area contributed by atoms with Crippen molar-refractivity contribution in [3.05, 3.63) is 45.3 Å². The van der Waals surface area contributed by atoms with E-state index in [9.17, 15) is 0 Å². The van der Waals surface area contributed by atoms with E-state index in [1.54, 1.807) is 6.20 Å². The van der Waals surface area contributed by atoms with Crippen LogP contribution < -0.4 is 10.1 Å². The standard InChI is InChI=1S/C15H16BrN3O/c1-9-10(2)19-14(8-17-9)18-7-12-6-13(16)5-11-3-4-20-15(11)12/h5-6,8H,3-4,7H2,1-2H3,(H,18,19). The molecule has 3 rings (SSSR count). The lowest BCUT2D eigenvalue weighted by Crippen LogP contribution is -2.05. The summed E-state index contributed by atoms with van der Waals surface area (Å²) >= 11 is 3.55. The fraction of sp³-hybridized carbons (Fsp3) is 0.333. The van der Waals surface area contributed by atoms with Gasteiger partial charge in [0.2, 0.25) is 0 Å². The molecular formula is C15H16BrN3O. The first kappa shape index (κ1) is 13.4. The molecule has 0 radical (unpaired) electrons. The van der Waals surface area contributed by atoms with E-state index in [1.165, 1.54) is 5.56 Å². The third kappa shape index (κ3) is 2.63. The van der Waals surface area contributed by atoms with Gasteiger partial charge < -0.3 is 10.1 Å². The summed E-state index contributed by atoms with van der Waals surface area (Å²) in [5.74, 6) is 1.80. The van der Waals surface area contributed by atoms with Crippen molar-refractivity contribution in [1.29, 1.82) is 0 Å². The molecule has 0 amide bonds. The van der Waals surface area contributed by atoms with Gasteiger partial charge in [-0.05, 0) is 31.5 Å². The van der Waals surface area contributed by atoms with Gasteiger partial charge in [0.25, 0.3) is 0 Å². The average Bonchev–Trinajstić information content (AvgIpc) is 2.88. The predicted octanol–water partition coefficient (Wildman–Crippen LogP) is 3.40. The molecule has 0 saturated carbocycles. The third-order valence-corrected chi connectivity index (χ3v) is 3.94. The molecule has 20 heavy (non-hydrogen) atoms. The van der Waals surface area contributed by atoms with Gasteiger partial charge in [-0.1, -0.05) is 15.9 Å². The molecule has 0 aliphatic carbocycles. The predicted molar refractivity (Wildman–Crippen MR) is 82.2 cm³/mol. The van der Waals surface area contributed by atoms with E-state index in [0.717, 1.165) is 46.0 Å². The Kier molecular flexibility index (Phi) is 3.61. The summed E-state index contributed by atoms with van der Waals surface area (Å²) in [5.41, 5.74) is 4.32. The van der Waals surface area contributed by atoms with Crippen LogP contribution in [-0.2, 0) is 13.0 Å². The molecule has 0 spiro atoms. The van der Waals surface area contributed by atoms with Gasteiger partial charge >= 0.3 is 0 Å². The molecular weight excluding hydrogens is 318 g/mol. The summed E-state index contributed by atoms with van der Waals surface area (Å²) in [4.78, 5) is 8.79. The number of rotatable bonds is 3. The molecule has 1 aliphatic rings. The van der Waals surface area contributed by atoms with Crippen LogP contribution in [0.2, 0.25) is 0 Å². The Morgan fingerprint density at radius 3 is 2.95 bits per heavy atom. The zero-order chi connectivity index (χ0) is 14.1. The molecule has 1 aromatic heterocycles. The van der Waals surface area contributed by atoms with Gasteiger partial charge in [-0.15, -0.1) is 0 Å². The Labute approximate surface area is 126 Å². The van der Waals surface area contributed by atoms with Crippen molar-refractivity contribution in [3.63, 3.8) is 0 Å². The monoisotopic (exact) mass is 333 g/mol. The van der Waals surface area contributed by atoms with Gasteiger partial charge in [-0.3, -0.25) is 4.98 Å². The lowest BCUT2D eigenvalue weighted by atomic mass is 10.1. The van der Waals surface area contributed by atoms with Gasteiger partial charge in [0, 0.05) is 23.0 Å². The van der Waals surface area contributed by atoms with Crippen molar-refractivity contribution in [2.24, 2.45) is 0 Å². The number of halogens is 1. The fourth-order valence-corrected chi connectivity index (χ4v) is 2.84. The smallest absolute Gasteiger partial charge is 0.145 e. The summed E-state index contributed by atoms with van der Waals surface area (Å²) < 4.78 is 6.81. The van der Waals surface area contributed by atoms with Crippen molar-refractivity contribution < 1.29 is 4.74 Å². The van der Waals surface area contributed by atoms with Crippen molar-refractivity contribution >= 4 is 21.7 Å². The van der Waals surface area contributed by atoms with Crippen molar-refractivity contribution in [3.8, 4) is 5.75 Å². The minimum atomic E-state index is 0.680. The highest BCUT2D eigenvalue weighted by molar-refractivity contribution is 9.10. The second kappa shape index (κ2) is 5.40. The maximum atomic E-state index is 5.72. The number of nitrogens with one attached hydrogen (secondary N) is 1. The molecule has 1 N–H and O–H groups in total. The van der Waals surface area contributed by atoms with Gasteiger partial charge in [0.05, 0.1) is 24.2 Å². The third-order valence-electron chi connectivity index (χ3n) is 3.48. The summed E-state index contributed by atoms with van der Waals surface area (Å²) in [6, 6.07) is 4.22. The molecule has 4 nitrogen and oxygen atoms in total. The molecule has 5 heteroatoms. The highest BCUT2D eigenvalue weighted by atomic mass is 79.9. The molecule has 1 aromatic carbocycles. The number of fused-ring (bicyclic) bond motifs is 1. The number of aryl methyl sites for hydroxylation is 2. The first-order valence-corrected chi connectivity index (χ1v) is 7.41. The number of ether oxygens (including phenoxy) is 1. The number of nitrogens with zero attached hydrogens (tertiary/aromatic N) is 2. The van der Waals surface area contributed by atoms with Crippen molar-refractivity contribution in [2.75, 3.05) is 11.9 Å². The first-order valence-electron chi connectivity index (χ1n) is 6.61. The average molecular weight is 334 g/mol. The zero-order valence-corrected chi connectivity index (χ0v) is 13.1.